The second-order valence-electron chi connectivity index (χ2n) is 10.9. The van der Waals surface area contributed by atoms with E-state index in [2.05, 4.69) is 33.7 Å². The van der Waals surface area contributed by atoms with Crippen LogP contribution < -0.4 is 20.1 Å². The van der Waals surface area contributed by atoms with Crippen LogP contribution in [0.3, 0.4) is 0 Å². The molecule has 1 aromatic carbocycles. The second kappa shape index (κ2) is 12.6. The van der Waals surface area contributed by atoms with Gasteiger partial charge in [-0.1, -0.05) is 23.2 Å². The molecule has 4 heterocycles. The normalized spacial score (nSPS) is 19.8. The molecule has 0 amide bonds. The lowest BCUT2D eigenvalue weighted by atomic mass is 10.0. The summed E-state index contributed by atoms with van der Waals surface area (Å²) in [4.78, 5) is 16.6. The Hall–Kier alpha value is -2.85. The summed E-state index contributed by atoms with van der Waals surface area (Å²) in [5, 5.41) is 0.213. The number of aromatic nitrogens is 2. The third kappa shape index (κ3) is 6.33. The SMILES string of the molecule is COc1cc(N2CCN(C3CCN(C)CC3)C[C@@H]2C)ncc1-c1cnc(N)c(O[C@H](C)c2c(Cl)ccc(F)c2Cl)c1. The van der Waals surface area contributed by atoms with Gasteiger partial charge in [-0.05, 0) is 65.0 Å². The molecule has 2 saturated heterocycles. The molecule has 11 heteroatoms. The number of piperazine rings is 1. The summed E-state index contributed by atoms with van der Waals surface area (Å²) in [6.07, 6.45) is 5.23. The molecule has 220 valence electrons. The van der Waals surface area contributed by atoms with Crippen LogP contribution in [0.5, 0.6) is 11.5 Å². The molecular weight excluding hydrogens is 566 g/mol. The van der Waals surface area contributed by atoms with Crippen molar-refractivity contribution in [2.24, 2.45) is 0 Å². The fraction of sp³-hybridized carbons (Fsp3) is 0.467. The van der Waals surface area contributed by atoms with Crippen molar-refractivity contribution in [1.29, 1.82) is 0 Å². The van der Waals surface area contributed by atoms with E-state index in [-0.39, 0.29) is 10.8 Å². The molecule has 2 atom stereocenters. The van der Waals surface area contributed by atoms with Crippen molar-refractivity contribution in [2.45, 2.75) is 44.9 Å². The topological polar surface area (TPSA) is 80.0 Å². The van der Waals surface area contributed by atoms with E-state index in [9.17, 15) is 4.39 Å². The number of hydrogen-bond donors (Lipinski definition) is 1. The average molecular weight is 604 g/mol. The zero-order valence-electron chi connectivity index (χ0n) is 23.9. The summed E-state index contributed by atoms with van der Waals surface area (Å²) in [7, 11) is 3.84. The monoisotopic (exact) mass is 602 g/mol. The van der Waals surface area contributed by atoms with Crippen molar-refractivity contribution in [1.82, 2.24) is 19.8 Å². The Kier molecular flexibility index (Phi) is 9.09. The first-order valence-corrected chi connectivity index (χ1v) is 14.7. The average Bonchev–Trinajstić information content (AvgIpc) is 2.96. The Morgan fingerprint density at radius 2 is 1.80 bits per heavy atom. The third-order valence-corrected chi connectivity index (χ3v) is 8.93. The number of methoxy groups -OCH3 is 1. The Bertz CT molecular complexity index is 1390. The van der Waals surface area contributed by atoms with Crippen LogP contribution in [0, 0.1) is 5.82 Å². The lowest BCUT2D eigenvalue weighted by molar-refractivity contribution is 0.104. The molecule has 0 unspecified atom stereocenters. The van der Waals surface area contributed by atoms with Crippen LogP contribution in [0.2, 0.25) is 10.0 Å². The summed E-state index contributed by atoms with van der Waals surface area (Å²) in [5.74, 6) is 1.47. The van der Waals surface area contributed by atoms with E-state index < -0.39 is 11.9 Å². The van der Waals surface area contributed by atoms with E-state index in [4.69, 9.17) is 43.4 Å². The van der Waals surface area contributed by atoms with E-state index >= 15 is 0 Å². The molecule has 2 fully saturated rings. The summed E-state index contributed by atoms with van der Waals surface area (Å²) in [6.45, 7) is 9.26. The lowest BCUT2D eigenvalue weighted by Crippen LogP contribution is -2.56. The number of nitrogens with two attached hydrogens (primary N) is 1. The van der Waals surface area contributed by atoms with E-state index in [0.717, 1.165) is 44.1 Å². The minimum absolute atomic E-state index is 0.0875. The smallest absolute Gasteiger partial charge is 0.166 e. The van der Waals surface area contributed by atoms with Crippen LogP contribution in [-0.4, -0.2) is 78.7 Å². The van der Waals surface area contributed by atoms with Crippen LogP contribution in [0.25, 0.3) is 11.1 Å². The van der Waals surface area contributed by atoms with Gasteiger partial charge in [0.1, 0.15) is 23.5 Å². The molecule has 2 N–H and O–H groups in total. The highest BCUT2D eigenvalue weighted by molar-refractivity contribution is 6.36. The molecule has 0 bridgehead atoms. The highest BCUT2D eigenvalue weighted by Crippen LogP contribution is 2.39. The largest absolute Gasteiger partial charge is 0.496 e. The van der Waals surface area contributed by atoms with Gasteiger partial charge in [0.05, 0.1) is 12.1 Å². The molecule has 41 heavy (non-hydrogen) atoms. The van der Waals surface area contributed by atoms with Crippen LogP contribution in [0.15, 0.2) is 36.7 Å². The number of nitrogens with zero attached hydrogens (tertiary/aromatic N) is 5. The predicted molar refractivity (Wildman–Crippen MR) is 163 cm³/mol. The molecule has 0 saturated carbocycles. The van der Waals surface area contributed by atoms with Crippen molar-refractivity contribution in [3.8, 4) is 22.6 Å². The lowest BCUT2D eigenvalue weighted by Gasteiger charge is -2.45. The number of likely N-dealkylation sites (tertiary alicyclic amines) is 1. The first-order valence-electron chi connectivity index (χ1n) is 14.0. The van der Waals surface area contributed by atoms with Crippen LogP contribution in [0.4, 0.5) is 16.0 Å². The Labute approximate surface area is 251 Å². The number of anilines is 2. The van der Waals surface area contributed by atoms with Gasteiger partial charge in [-0.3, -0.25) is 4.90 Å². The van der Waals surface area contributed by atoms with Gasteiger partial charge in [0.25, 0.3) is 0 Å². The van der Waals surface area contributed by atoms with E-state index in [1.807, 2.05) is 6.07 Å². The zero-order valence-corrected chi connectivity index (χ0v) is 25.4. The first-order chi connectivity index (χ1) is 19.7. The van der Waals surface area contributed by atoms with Gasteiger partial charge in [0.2, 0.25) is 0 Å². The molecule has 0 radical (unpaired) electrons. The predicted octanol–water partition coefficient (Wildman–Crippen LogP) is 5.93. The Balaban J connectivity index is 1.34. The first kappa shape index (κ1) is 29.6. The number of ether oxygens (including phenoxy) is 2. The van der Waals surface area contributed by atoms with Crippen molar-refractivity contribution < 1.29 is 13.9 Å². The molecule has 0 aliphatic carbocycles. The number of pyridine rings is 2. The van der Waals surface area contributed by atoms with Gasteiger partial charge in [-0.25, -0.2) is 14.4 Å². The second-order valence-corrected chi connectivity index (χ2v) is 11.7. The maximum absolute atomic E-state index is 14.1. The fourth-order valence-corrected chi connectivity index (χ4v) is 6.53. The van der Waals surface area contributed by atoms with Crippen LogP contribution in [-0.2, 0) is 0 Å². The maximum Gasteiger partial charge on any atom is 0.166 e. The minimum Gasteiger partial charge on any atom is -0.496 e. The van der Waals surface area contributed by atoms with Crippen molar-refractivity contribution >= 4 is 34.8 Å². The van der Waals surface area contributed by atoms with Gasteiger partial charge in [0, 0.05) is 71.9 Å². The van der Waals surface area contributed by atoms with Crippen LogP contribution >= 0.6 is 23.2 Å². The maximum atomic E-state index is 14.1. The summed E-state index contributed by atoms with van der Waals surface area (Å²) in [5.41, 5.74) is 7.95. The number of piperidine rings is 1. The van der Waals surface area contributed by atoms with Crippen molar-refractivity contribution in [3.63, 3.8) is 0 Å². The van der Waals surface area contributed by atoms with Crippen LogP contribution in [0.1, 0.15) is 38.4 Å². The van der Waals surface area contributed by atoms with E-state index in [1.165, 1.54) is 25.0 Å². The third-order valence-electron chi connectivity index (χ3n) is 8.21. The molecule has 8 nitrogen and oxygen atoms in total. The fourth-order valence-electron chi connectivity index (χ4n) is 5.85. The molecule has 2 aromatic heterocycles. The summed E-state index contributed by atoms with van der Waals surface area (Å²) >= 11 is 12.5. The number of benzene rings is 1. The number of hydrogen-bond acceptors (Lipinski definition) is 8. The van der Waals surface area contributed by atoms with Crippen molar-refractivity contribution in [3.05, 3.63) is 58.1 Å². The molecule has 2 aliphatic heterocycles. The molecule has 5 rings (SSSR count). The summed E-state index contributed by atoms with van der Waals surface area (Å²) in [6, 6.07) is 7.39. The molecule has 0 spiro atoms. The molecule has 3 aromatic rings. The highest BCUT2D eigenvalue weighted by atomic mass is 35.5. The number of nitrogen functional groups attached to an aromatic ring is 1. The van der Waals surface area contributed by atoms with Gasteiger partial charge in [-0.15, -0.1) is 0 Å². The van der Waals surface area contributed by atoms with Gasteiger partial charge in [-0.2, -0.15) is 0 Å². The number of rotatable bonds is 7. The zero-order chi connectivity index (χ0) is 29.3. The Morgan fingerprint density at radius 1 is 1.05 bits per heavy atom. The number of halogens is 3. The van der Waals surface area contributed by atoms with Gasteiger partial charge < -0.3 is 25.0 Å². The standard InChI is InChI=1S/C30H37Cl2FN6O2/c1-18-17-38(21-7-9-37(3)10-8-21)11-12-39(18)27-14-25(40-4)22(16-35-27)20-13-26(30(34)36-15-20)41-19(2)28-23(31)5-6-24(33)29(28)32/h5-6,13-16,18-19,21H,7-12,17H2,1-4H3,(H2,34,36)/t18-,19+/m0/s1. The van der Waals surface area contributed by atoms with E-state index in [0.29, 0.717) is 39.7 Å². The Morgan fingerprint density at radius 3 is 2.51 bits per heavy atom. The minimum atomic E-state index is -0.679. The van der Waals surface area contributed by atoms with Gasteiger partial charge >= 0.3 is 0 Å². The van der Waals surface area contributed by atoms with Gasteiger partial charge in [0.15, 0.2) is 11.6 Å². The van der Waals surface area contributed by atoms with E-state index in [1.54, 1.807) is 32.5 Å². The molecular formula is C30H37Cl2FN6O2. The highest BCUT2D eigenvalue weighted by Gasteiger charge is 2.31. The summed E-state index contributed by atoms with van der Waals surface area (Å²) < 4.78 is 26.0. The quantitative estimate of drug-likeness (QED) is 0.334. The van der Waals surface area contributed by atoms with Crippen molar-refractivity contribution in [2.75, 3.05) is 57.5 Å². The molecule has 2 aliphatic rings.